The number of nitrogens with zero attached hydrogens (tertiary/aromatic N) is 2. The number of nitrogens with one attached hydrogen (secondary N) is 1. The van der Waals surface area contributed by atoms with E-state index >= 15 is 0 Å². The van der Waals surface area contributed by atoms with E-state index in [4.69, 9.17) is 0 Å². The Labute approximate surface area is 133 Å². The quantitative estimate of drug-likeness (QED) is 0.904. The van der Waals surface area contributed by atoms with E-state index in [0.717, 1.165) is 62.4 Å². The molecule has 4 nitrogen and oxygen atoms in total. The van der Waals surface area contributed by atoms with Gasteiger partial charge in [0.05, 0.1) is 0 Å². The molecule has 1 aromatic carbocycles. The summed E-state index contributed by atoms with van der Waals surface area (Å²) in [6.07, 6.45) is 1.11. The van der Waals surface area contributed by atoms with E-state index in [2.05, 4.69) is 48.0 Å². The summed E-state index contributed by atoms with van der Waals surface area (Å²) in [4.78, 5) is 17.5. The molecule has 1 atom stereocenters. The lowest BCUT2D eigenvalue weighted by Crippen LogP contribution is -2.49. The first-order valence-corrected chi connectivity index (χ1v) is 8.38. The van der Waals surface area contributed by atoms with Gasteiger partial charge in [-0.25, -0.2) is 0 Å². The molecule has 4 heteroatoms. The van der Waals surface area contributed by atoms with E-state index in [1.807, 2.05) is 0 Å². The predicted octanol–water partition coefficient (Wildman–Crippen LogP) is 1.73. The number of carbonyl (C=O) groups excluding carboxylic acids is 1. The molecule has 1 N–H and O–H groups in total. The van der Waals surface area contributed by atoms with Crippen LogP contribution < -0.4 is 5.32 Å². The first kappa shape index (κ1) is 15.5. The van der Waals surface area contributed by atoms with Gasteiger partial charge in [0.15, 0.2) is 0 Å². The second-order valence-corrected chi connectivity index (χ2v) is 6.75. The summed E-state index contributed by atoms with van der Waals surface area (Å²) >= 11 is 0. The summed E-state index contributed by atoms with van der Waals surface area (Å²) in [5.74, 6) is 0.215. The number of hydrogen-bond acceptors (Lipinski definition) is 3. The fourth-order valence-corrected chi connectivity index (χ4v) is 3.95. The van der Waals surface area contributed by atoms with E-state index in [1.165, 1.54) is 5.56 Å². The highest BCUT2D eigenvalue weighted by molar-refractivity contribution is 5.97. The van der Waals surface area contributed by atoms with E-state index < -0.39 is 0 Å². The number of aryl methyl sites for hydroxylation is 3. The van der Waals surface area contributed by atoms with E-state index in [-0.39, 0.29) is 5.91 Å². The zero-order chi connectivity index (χ0) is 15.7. The fourth-order valence-electron chi connectivity index (χ4n) is 3.95. The smallest absolute Gasteiger partial charge is 0.254 e. The zero-order valence-electron chi connectivity index (χ0n) is 14.0. The Balaban J connectivity index is 1.71. The van der Waals surface area contributed by atoms with Crippen LogP contribution in [-0.2, 0) is 0 Å². The van der Waals surface area contributed by atoms with Gasteiger partial charge in [-0.05, 0) is 38.3 Å². The highest BCUT2D eigenvalue weighted by Crippen LogP contribution is 2.23. The van der Waals surface area contributed by atoms with Crippen molar-refractivity contribution in [3.8, 4) is 0 Å². The van der Waals surface area contributed by atoms with Gasteiger partial charge < -0.3 is 10.2 Å². The Kier molecular flexibility index (Phi) is 4.50. The van der Waals surface area contributed by atoms with Crippen LogP contribution in [0, 0.1) is 20.8 Å². The van der Waals surface area contributed by atoms with Gasteiger partial charge in [-0.1, -0.05) is 17.7 Å². The molecule has 120 valence electrons. The topological polar surface area (TPSA) is 35.6 Å². The lowest BCUT2D eigenvalue weighted by molar-refractivity contribution is 0.0772. The number of carbonyl (C=O) groups is 1. The molecule has 22 heavy (non-hydrogen) atoms. The number of benzene rings is 1. The number of rotatable bonds is 2. The van der Waals surface area contributed by atoms with Crippen molar-refractivity contribution in [3.05, 3.63) is 34.4 Å². The first-order chi connectivity index (χ1) is 10.6. The maximum Gasteiger partial charge on any atom is 0.254 e. The van der Waals surface area contributed by atoms with Crippen LogP contribution in [0.3, 0.4) is 0 Å². The lowest BCUT2D eigenvalue weighted by atomic mass is 9.99. The summed E-state index contributed by atoms with van der Waals surface area (Å²) < 4.78 is 0. The number of piperazine rings is 1. The summed E-state index contributed by atoms with van der Waals surface area (Å²) in [5.41, 5.74) is 4.35. The van der Waals surface area contributed by atoms with Crippen molar-refractivity contribution in [2.45, 2.75) is 33.2 Å². The van der Waals surface area contributed by atoms with Crippen LogP contribution in [0.2, 0.25) is 0 Å². The Morgan fingerprint density at radius 1 is 1.09 bits per heavy atom. The largest absolute Gasteiger partial charge is 0.337 e. The molecular formula is C18H27N3O. The highest BCUT2D eigenvalue weighted by Gasteiger charge is 2.32. The van der Waals surface area contributed by atoms with Crippen molar-refractivity contribution >= 4 is 5.91 Å². The molecule has 0 saturated carbocycles. The Morgan fingerprint density at radius 2 is 1.73 bits per heavy atom. The third-order valence-corrected chi connectivity index (χ3v) is 5.01. The average molecular weight is 301 g/mol. The first-order valence-electron chi connectivity index (χ1n) is 8.38. The van der Waals surface area contributed by atoms with Gasteiger partial charge in [-0.15, -0.1) is 0 Å². The molecule has 0 radical (unpaired) electrons. The molecule has 1 aromatic rings. The van der Waals surface area contributed by atoms with Gasteiger partial charge in [-0.2, -0.15) is 0 Å². The van der Waals surface area contributed by atoms with Gasteiger partial charge in [0.2, 0.25) is 0 Å². The number of amides is 1. The normalized spacial score (nSPS) is 23.0. The Hall–Kier alpha value is -1.39. The Morgan fingerprint density at radius 3 is 2.36 bits per heavy atom. The summed E-state index contributed by atoms with van der Waals surface area (Å²) in [7, 11) is 0. The van der Waals surface area contributed by atoms with Crippen LogP contribution in [0.15, 0.2) is 12.1 Å². The zero-order valence-corrected chi connectivity index (χ0v) is 14.0. The van der Waals surface area contributed by atoms with Crippen molar-refractivity contribution in [1.82, 2.24) is 15.1 Å². The highest BCUT2D eigenvalue weighted by atomic mass is 16.2. The molecule has 2 fully saturated rings. The van der Waals surface area contributed by atoms with Crippen LogP contribution in [0.4, 0.5) is 0 Å². The fraction of sp³-hybridized carbons (Fsp3) is 0.611. The van der Waals surface area contributed by atoms with Gasteiger partial charge >= 0.3 is 0 Å². The molecule has 2 heterocycles. The summed E-state index contributed by atoms with van der Waals surface area (Å²) in [5, 5.41) is 3.40. The number of likely N-dealkylation sites (tertiary alicyclic amines) is 1. The molecule has 1 amide bonds. The molecular weight excluding hydrogens is 274 g/mol. The second kappa shape index (κ2) is 6.39. The van der Waals surface area contributed by atoms with Crippen LogP contribution in [0.1, 0.15) is 33.5 Å². The molecule has 2 aliphatic rings. The van der Waals surface area contributed by atoms with Gasteiger partial charge in [0.1, 0.15) is 0 Å². The van der Waals surface area contributed by atoms with E-state index in [0.29, 0.717) is 6.04 Å². The average Bonchev–Trinajstić information content (AvgIpc) is 2.97. The molecule has 0 bridgehead atoms. The van der Waals surface area contributed by atoms with Crippen LogP contribution >= 0.6 is 0 Å². The predicted molar refractivity (Wildman–Crippen MR) is 89.4 cm³/mol. The maximum absolute atomic E-state index is 12.9. The van der Waals surface area contributed by atoms with Crippen LogP contribution in [0.25, 0.3) is 0 Å². The van der Waals surface area contributed by atoms with Gasteiger partial charge in [-0.3, -0.25) is 9.69 Å². The minimum Gasteiger partial charge on any atom is -0.337 e. The SMILES string of the molecule is Cc1cc(C)c(C(=O)N2CCC(N3CCNCC3)C2)c(C)c1. The molecule has 2 aliphatic heterocycles. The standard InChI is InChI=1S/C18H27N3O/c1-13-10-14(2)17(15(3)11-13)18(22)21-7-4-16(12-21)20-8-5-19-6-9-20/h10-11,16,19H,4-9,12H2,1-3H3. The summed E-state index contributed by atoms with van der Waals surface area (Å²) in [6, 6.07) is 4.77. The van der Waals surface area contributed by atoms with Crippen molar-refractivity contribution < 1.29 is 4.79 Å². The van der Waals surface area contributed by atoms with E-state index in [1.54, 1.807) is 0 Å². The van der Waals surface area contributed by atoms with Crippen LogP contribution in [-0.4, -0.2) is 61.0 Å². The minimum absolute atomic E-state index is 0.215. The van der Waals surface area contributed by atoms with Crippen molar-refractivity contribution in [2.24, 2.45) is 0 Å². The van der Waals surface area contributed by atoms with Crippen molar-refractivity contribution in [1.29, 1.82) is 0 Å². The van der Waals surface area contributed by atoms with Crippen molar-refractivity contribution in [2.75, 3.05) is 39.3 Å². The van der Waals surface area contributed by atoms with Crippen LogP contribution in [0.5, 0.6) is 0 Å². The maximum atomic E-state index is 12.9. The lowest BCUT2D eigenvalue weighted by Gasteiger charge is -2.32. The number of hydrogen-bond donors (Lipinski definition) is 1. The molecule has 2 saturated heterocycles. The summed E-state index contributed by atoms with van der Waals surface area (Å²) in [6.45, 7) is 12.3. The monoisotopic (exact) mass is 301 g/mol. The van der Waals surface area contributed by atoms with E-state index in [9.17, 15) is 4.79 Å². The van der Waals surface area contributed by atoms with Gasteiger partial charge in [0, 0.05) is 50.9 Å². The third kappa shape index (κ3) is 3.03. The molecule has 0 spiro atoms. The Bertz CT molecular complexity index is 540. The third-order valence-electron chi connectivity index (χ3n) is 5.01. The molecule has 3 rings (SSSR count). The molecule has 0 aromatic heterocycles. The van der Waals surface area contributed by atoms with Gasteiger partial charge in [0.25, 0.3) is 5.91 Å². The van der Waals surface area contributed by atoms with Crippen molar-refractivity contribution in [3.63, 3.8) is 0 Å². The minimum atomic E-state index is 0.215. The molecule has 0 aliphatic carbocycles. The second-order valence-electron chi connectivity index (χ2n) is 6.75. The molecule has 1 unspecified atom stereocenters.